The molecule has 5 nitrogen and oxygen atoms in total. The Morgan fingerprint density at radius 2 is 1.64 bits per heavy atom. The lowest BCUT2D eigenvalue weighted by Crippen LogP contribution is -2.55. The number of nitrogens with one attached hydrogen (secondary N) is 1. The van der Waals surface area contributed by atoms with Crippen molar-refractivity contribution in [3.63, 3.8) is 0 Å². The summed E-state index contributed by atoms with van der Waals surface area (Å²) in [5.74, 6) is 0.138. The molecular weight excluding hydrogens is 472 g/mol. The number of benzene rings is 3. The summed E-state index contributed by atoms with van der Waals surface area (Å²) in [5, 5.41) is 3.60. The van der Waals surface area contributed by atoms with E-state index in [1.165, 1.54) is 0 Å². The fraction of sp³-hybridized carbons (Fsp3) is 0.333. The molecule has 2 amide bonds. The summed E-state index contributed by atoms with van der Waals surface area (Å²) in [6.07, 6.45) is 0.364. The van der Waals surface area contributed by atoms with Gasteiger partial charge in [0, 0.05) is 23.5 Å². The van der Waals surface area contributed by atoms with E-state index in [1.807, 2.05) is 101 Å². The van der Waals surface area contributed by atoms with Crippen molar-refractivity contribution < 1.29 is 14.3 Å². The average molecular weight is 507 g/mol. The lowest BCUT2D eigenvalue weighted by Gasteiger charge is -2.34. The van der Waals surface area contributed by atoms with Crippen LogP contribution in [0.2, 0.25) is 5.02 Å². The molecule has 0 aromatic heterocycles. The molecular formula is C30H35ClN2O3. The van der Waals surface area contributed by atoms with Crippen LogP contribution in [-0.2, 0) is 22.6 Å². The quantitative estimate of drug-likeness (QED) is 0.393. The first kappa shape index (κ1) is 27.3. The summed E-state index contributed by atoms with van der Waals surface area (Å²) < 4.78 is 5.95. The molecule has 0 aliphatic heterocycles. The normalized spacial score (nSPS) is 12.1. The van der Waals surface area contributed by atoms with Gasteiger partial charge < -0.3 is 15.0 Å². The van der Waals surface area contributed by atoms with Crippen molar-refractivity contribution in [2.75, 3.05) is 6.61 Å². The maximum atomic E-state index is 13.7. The molecule has 190 valence electrons. The van der Waals surface area contributed by atoms with Crippen LogP contribution in [-0.4, -0.2) is 34.9 Å². The van der Waals surface area contributed by atoms with Crippen molar-refractivity contribution in [1.82, 2.24) is 10.2 Å². The summed E-state index contributed by atoms with van der Waals surface area (Å²) in [6, 6.07) is 22.2. The predicted molar refractivity (Wildman–Crippen MR) is 145 cm³/mol. The fourth-order valence-electron chi connectivity index (χ4n) is 3.90. The summed E-state index contributed by atoms with van der Waals surface area (Å²) in [4.78, 5) is 28.9. The van der Waals surface area contributed by atoms with Gasteiger partial charge in [-0.05, 0) is 69.0 Å². The van der Waals surface area contributed by atoms with Crippen LogP contribution in [0.25, 0.3) is 0 Å². The maximum absolute atomic E-state index is 13.7. The van der Waals surface area contributed by atoms with Crippen LogP contribution in [0.3, 0.4) is 0 Å². The molecule has 3 aromatic rings. The molecule has 36 heavy (non-hydrogen) atoms. The molecule has 3 rings (SSSR count). The number of amides is 2. The SMILES string of the molecule is Cc1ccc(C)c(OCC(=O)N(Cc2ccccc2Cl)[C@H](Cc2ccccc2)C(=O)NC(C)(C)C)c1. The number of ether oxygens (including phenoxy) is 1. The van der Waals surface area contributed by atoms with Crippen LogP contribution in [0, 0.1) is 13.8 Å². The van der Waals surface area contributed by atoms with E-state index in [4.69, 9.17) is 16.3 Å². The highest BCUT2D eigenvalue weighted by atomic mass is 35.5. The Kier molecular flexibility index (Phi) is 9.16. The topological polar surface area (TPSA) is 58.6 Å². The van der Waals surface area contributed by atoms with Gasteiger partial charge in [-0.2, -0.15) is 0 Å². The van der Waals surface area contributed by atoms with Gasteiger partial charge in [-0.3, -0.25) is 9.59 Å². The van der Waals surface area contributed by atoms with Crippen molar-refractivity contribution >= 4 is 23.4 Å². The minimum atomic E-state index is -0.752. The van der Waals surface area contributed by atoms with Gasteiger partial charge in [0.25, 0.3) is 5.91 Å². The highest BCUT2D eigenvalue weighted by molar-refractivity contribution is 6.31. The van der Waals surface area contributed by atoms with E-state index in [2.05, 4.69) is 5.32 Å². The smallest absolute Gasteiger partial charge is 0.261 e. The molecule has 0 aliphatic carbocycles. The van der Waals surface area contributed by atoms with E-state index in [0.717, 1.165) is 22.3 Å². The number of hydrogen-bond donors (Lipinski definition) is 1. The maximum Gasteiger partial charge on any atom is 0.261 e. The Morgan fingerprint density at radius 3 is 2.31 bits per heavy atom. The van der Waals surface area contributed by atoms with E-state index in [0.29, 0.717) is 17.2 Å². The Balaban J connectivity index is 1.96. The van der Waals surface area contributed by atoms with Gasteiger partial charge in [0.15, 0.2) is 6.61 Å². The van der Waals surface area contributed by atoms with Gasteiger partial charge >= 0.3 is 0 Å². The van der Waals surface area contributed by atoms with Gasteiger partial charge in [-0.15, -0.1) is 0 Å². The molecule has 0 bridgehead atoms. The van der Waals surface area contributed by atoms with E-state index in [1.54, 1.807) is 11.0 Å². The zero-order valence-corrected chi connectivity index (χ0v) is 22.4. The Labute approximate surface area is 219 Å². The average Bonchev–Trinajstić information content (AvgIpc) is 2.82. The molecule has 1 atom stereocenters. The molecule has 0 aliphatic rings. The van der Waals surface area contributed by atoms with E-state index < -0.39 is 11.6 Å². The van der Waals surface area contributed by atoms with Gasteiger partial charge in [0.1, 0.15) is 11.8 Å². The minimum absolute atomic E-state index is 0.184. The Hall–Kier alpha value is -3.31. The highest BCUT2D eigenvalue weighted by Crippen LogP contribution is 2.23. The molecule has 0 fully saturated rings. The summed E-state index contributed by atoms with van der Waals surface area (Å²) >= 11 is 6.47. The molecule has 3 aromatic carbocycles. The standard InChI is InChI=1S/C30H35ClN2O3/c1-21-15-16-22(2)27(17-21)36-20-28(34)33(19-24-13-9-10-14-25(24)31)26(29(35)32-30(3,4)5)18-23-11-7-6-8-12-23/h6-17,26H,18-20H2,1-5H3,(H,32,35)/t26-/m1/s1. The number of hydrogen-bond acceptors (Lipinski definition) is 3. The van der Waals surface area contributed by atoms with E-state index in [9.17, 15) is 9.59 Å². The van der Waals surface area contributed by atoms with Crippen LogP contribution < -0.4 is 10.1 Å². The van der Waals surface area contributed by atoms with E-state index in [-0.39, 0.29) is 25.0 Å². The van der Waals surface area contributed by atoms with Crippen LogP contribution >= 0.6 is 11.6 Å². The van der Waals surface area contributed by atoms with Gasteiger partial charge in [0.05, 0.1) is 0 Å². The summed E-state index contributed by atoms with van der Waals surface area (Å²) in [7, 11) is 0. The first-order valence-electron chi connectivity index (χ1n) is 12.1. The second-order valence-electron chi connectivity index (χ2n) is 10.1. The number of nitrogens with zero attached hydrogens (tertiary/aromatic N) is 1. The molecule has 0 unspecified atom stereocenters. The van der Waals surface area contributed by atoms with Crippen molar-refractivity contribution in [2.45, 2.75) is 59.2 Å². The van der Waals surface area contributed by atoms with Crippen molar-refractivity contribution in [3.8, 4) is 5.75 Å². The Bertz CT molecular complexity index is 1190. The van der Waals surface area contributed by atoms with E-state index >= 15 is 0 Å². The number of halogens is 1. The number of carbonyl (C=O) groups excluding carboxylic acids is 2. The van der Waals surface area contributed by atoms with Crippen LogP contribution in [0.4, 0.5) is 0 Å². The third-order valence-electron chi connectivity index (χ3n) is 5.76. The van der Waals surface area contributed by atoms with Gasteiger partial charge in [-0.25, -0.2) is 0 Å². The molecule has 0 saturated heterocycles. The van der Waals surface area contributed by atoms with Crippen molar-refractivity contribution in [1.29, 1.82) is 0 Å². The summed E-state index contributed by atoms with van der Waals surface area (Å²) in [5.41, 5.74) is 3.25. The lowest BCUT2D eigenvalue weighted by atomic mass is 10.0. The largest absolute Gasteiger partial charge is 0.483 e. The monoisotopic (exact) mass is 506 g/mol. The third-order valence-corrected chi connectivity index (χ3v) is 6.13. The van der Waals surface area contributed by atoms with Gasteiger partial charge in [-0.1, -0.05) is 72.3 Å². The zero-order valence-electron chi connectivity index (χ0n) is 21.7. The third kappa shape index (κ3) is 7.85. The first-order chi connectivity index (χ1) is 17.0. The zero-order chi connectivity index (χ0) is 26.3. The van der Waals surface area contributed by atoms with Crippen molar-refractivity contribution in [2.24, 2.45) is 0 Å². The summed E-state index contributed by atoms with van der Waals surface area (Å²) in [6.45, 7) is 9.68. The van der Waals surface area contributed by atoms with Gasteiger partial charge in [0.2, 0.25) is 5.91 Å². The number of carbonyl (C=O) groups is 2. The molecule has 0 saturated carbocycles. The predicted octanol–water partition coefficient (Wildman–Crippen LogP) is 5.89. The number of aryl methyl sites for hydroxylation is 2. The molecule has 0 heterocycles. The number of rotatable bonds is 9. The second-order valence-corrected chi connectivity index (χ2v) is 10.5. The molecule has 1 N–H and O–H groups in total. The lowest BCUT2D eigenvalue weighted by molar-refractivity contribution is -0.143. The first-order valence-corrected chi connectivity index (χ1v) is 12.5. The van der Waals surface area contributed by atoms with Crippen LogP contribution in [0.1, 0.15) is 43.0 Å². The van der Waals surface area contributed by atoms with Crippen LogP contribution in [0.15, 0.2) is 72.8 Å². The highest BCUT2D eigenvalue weighted by Gasteiger charge is 2.32. The second kappa shape index (κ2) is 12.1. The van der Waals surface area contributed by atoms with Crippen LogP contribution in [0.5, 0.6) is 5.75 Å². The molecule has 0 radical (unpaired) electrons. The molecule has 0 spiro atoms. The molecule has 6 heteroatoms. The minimum Gasteiger partial charge on any atom is -0.483 e. The fourth-order valence-corrected chi connectivity index (χ4v) is 4.10. The Morgan fingerprint density at radius 1 is 0.972 bits per heavy atom. The van der Waals surface area contributed by atoms with Crippen molar-refractivity contribution in [3.05, 3.63) is 100 Å².